The van der Waals surface area contributed by atoms with Gasteiger partial charge in [-0.2, -0.15) is 0 Å². The molecule has 0 aliphatic carbocycles. The van der Waals surface area contributed by atoms with Gasteiger partial charge >= 0.3 is 0 Å². The van der Waals surface area contributed by atoms with E-state index in [1.807, 2.05) is 38.2 Å². The van der Waals surface area contributed by atoms with Crippen molar-refractivity contribution in [2.24, 2.45) is 0 Å². The van der Waals surface area contributed by atoms with Gasteiger partial charge in [0.15, 0.2) is 0 Å². The Hall–Kier alpha value is -1.06. The molecule has 0 bridgehead atoms. The van der Waals surface area contributed by atoms with E-state index in [0.29, 0.717) is 19.2 Å². The number of hydrogen-bond donors (Lipinski definition) is 1. The first-order valence-electron chi connectivity index (χ1n) is 6.69. The fourth-order valence-electron chi connectivity index (χ4n) is 1.82. The normalized spacial score (nSPS) is 14.6. The number of hydrogen-bond acceptors (Lipinski definition) is 3. The summed E-state index contributed by atoms with van der Waals surface area (Å²) in [5.74, 6) is 0.851. The quantitative estimate of drug-likeness (QED) is 0.809. The highest BCUT2D eigenvalue weighted by Gasteiger charge is 2.14. The van der Waals surface area contributed by atoms with Gasteiger partial charge in [0.05, 0.1) is 12.7 Å². The summed E-state index contributed by atoms with van der Waals surface area (Å²) in [4.78, 5) is 2.18. The zero-order chi connectivity index (χ0) is 13.5. The Bertz CT molecular complexity index is 337. The van der Waals surface area contributed by atoms with Crippen molar-refractivity contribution in [2.75, 3.05) is 20.2 Å². The summed E-state index contributed by atoms with van der Waals surface area (Å²) in [6, 6.07) is 8.17. The lowest BCUT2D eigenvalue weighted by Crippen LogP contribution is -2.32. The van der Waals surface area contributed by atoms with Crippen LogP contribution in [0.4, 0.5) is 0 Å². The molecule has 102 valence electrons. The van der Waals surface area contributed by atoms with Gasteiger partial charge in [0, 0.05) is 12.6 Å². The van der Waals surface area contributed by atoms with E-state index in [1.54, 1.807) is 0 Å². The van der Waals surface area contributed by atoms with E-state index in [9.17, 15) is 5.11 Å². The highest BCUT2D eigenvalue weighted by Crippen LogP contribution is 2.19. The number of aliphatic hydroxyl groups excluding tert-OH is 1. The van der Waals surface area contributed by atoms with Crippen molar-refractivity contribution in [3.63, 3.8) is 0 Å². The van der Waals surface area contributed by atoms with Gasteiger partial charge in [-0.3, -0.25) is 0 Å². The van der Waals surface area contributed by atoms with Gasteiger partial charge < -0.3 is 14.7 Å². The number of likely N-dealkylation sites (N-methyl/N-ethyl adjacent to an activating group) is 1. The maximum atomic E-state index is 10.2. The Morgan fingerprint density at radius 2 is 1.83 bits per heavy atom. The molecule has 2 atom stereocenters. The predicted octanol–water partition coefficient (Wildman–Crippen LogP) is 2.85. The van der Waals surface area contributed by atoms with E-state index < -0.39 is 6.10 Å². The SMILES string of the molecule is CCOc1ccc(C(O)CN(C)C(C)CC)cc1. The van der Waals surface area contributed by atoms with E-state index in [2.05, 4.69) is 18.7 Å². The summed E-state index contributed by atoms with van der Waals surface area (Å²) in [5, 5.41) is 10.2. The maximum Gasteiger partial charge on any atom is 0.119 e. The summed E-state index contributed by atoms with van der Waals surface area (Å²) in [5.41, 5.74) is 0.939. The molecule has 1 rings (SSSR count). The zero-order valence-corrected chi connectivity index (χ0v) is 11.9. The van der Waals surface area contributed by atoms with Gasteiger partial charge in [0.1, 0.15) is 5.75 Å². The molecule has 18 heavy (non-hydrogen) atoms. The van der Waals surface area contributed by atoms with Crippen LogP contribution in [0, 0.1) is 0 Å². The van der Waals surface area contributed by atoms with Crippen molar-refractivity contribution >= 4 is 0 Å². The Morgan fingerprint density at radius 1 is 1.22 bits per heavy atom. The number of ether oxygens (including phenoxy) is 1. The van der Waals surface area contributed by atoms with Gasteiger partial charge in [-0.15, -0.1) is 0 Å². The minimum Gasteiger partial charge on any atom is -0.494 e. The molecule has 0 amide bonds. The summed E-state index contributed by atoms with van der Waals surface area (Å²) >= 11 is 0. The molecule has 3 nitrogen and oxygen atoms in total. The summed E-state index contributed by atoms with van der Waals surface area (Å²) in [6.45, 7) is 7.61. The molecule has 0 saturated heterocycles. The third-order valence-electron chi connectivity index (χ3n) is 3.38. The summed E-state index contributed by atoms with van der Waals surface area (Å²) in [6.07, 6.45) is 0.645. The van der Waals surface area contributed by atoms with E-state index in [-0.39, 0.29) is 0 Å². The van der Waals surface area contributed by atoms with E-state index in [4.69, 9.17) is 4.74 Å². The average molecular weight is 251 g/mol. The first-order chi connectivity index (χ1) is 8.58. The number of aliphatic hydroxyl groups is 1. The molecular weight excluding hydrogens is 226 g/mol. The predicted molar refractivity (Wildman–Crippen MR) is 75.0 cm³/mol. The lowest BCUT2D eigenvalue weighted by Gasteiger charge is -2.26. The van der Waals surface area contributed by atoms with Gasteiger partial charge in [0.2, 0.25) is 0 Å². The fourth-order valence-corrected chi connectivity index (χ4v) is 1.82. The Labute approximate surface area is 110 Å². The lowest BCUT2D eigenvalue weighted by atomic mass is 10.1. The van der Waals surface area contributed by atoms with Gasteiger partial charge in [-0.25, -0.2) is 0 Å². The topological polar surface area (TPSA) is 32.7 Å². The van der Waals surface area contributed by atoms with E-state index >= 15 is 0 Å². The first kappa shape index (κ1) is 15.0. The van der Waals surface area contributed by atoms with Crippen LogP contribution in [0.1, 0.15) is 38.9 Å². The Morgan fingerprint density at radius 3 is 2.33 bits per heavy atom. The van der Waals surface area contributed by atoms with Gasteiger partial charge in [-0.1, -0.05) is 19.1 Å². The van der Waals surface area contributed by atoms with Crippen LogP contribution in [0.2, 0.25) is 0 Å². The second kappa shape index (κ2) is 7.39. The summed E-state index contributed by atoms with van der Waals surface area (Å²) in [7, 11) is 2.05. The zero-order valence-electron chi connectivity index (χ0n) is 11.9. The number of benzene rings is 1. The number of rotatable bonds is 7. The monoisotopic (exact) mass is 251 g/mol. The molecule has 0 heterocycles. The van der Waals surface area contributed by atoms with Crippen LogP contribution in [0.15, 0.2) is 24.3 Å². The second-order valence-electron chi connectivity index (χ2n) is 4.71. The van der Waals surface area contributed by atoms with Crippen molar-refractivity contribution in [1.29, 1.82) is 0 Å². The molecular formula is C15H25NO2. The van der Waals surface area contributed by atoms with Crippen LogP contribution < -0.4 is 4.74 Å². The minimum atomic E-state index is -0.445. The van der Waals surface area contributed by atoms with Crippen molar-refractivity contribution in [1.82, 2.24) is 4.90 Å². The second-order valence-corrected chi connectivity index (χ2v) is 4.71. The molecule has 2 unspecified atom stereocenters. The Kier molecular flexibility index (Phi) is 6.16. The van der Waals surface area contributed by atoms with Crippen LogP contribution in [-0.2, 0) is 0 Å². The van der Waals surface area contributed by atoms with Crippen molar-refractivity contribution < 1.29 is 9.84 Å². The van der Waals surface area contributed by atoms with E-state index in [1.165, 1.54) is 0 Å². The third-order valence-corrected chi connectivity index (χ3v) is 3.38. The van der Waals surface area contributed by atoms with Crippen molar-refractivity contribution in [2.45, 2.75) is 39.3 Å². The van der Waals surface area contributed by atoms with Gasteiger partial charge in [0.25, 0.3) is 0 Å². The molecule has 0 radical (unpaired) electrons. The van der Waals surface area contributed by atoms with Crippen molar-refractivity contribution in [3.8, 4) is 5.75 Å². The summed E-state index contributed by atoms with van der Waals surface area (Å²) < 4.78 is 5.39. The molecule has 0 aliphatic heterocycles. The average Bonchev–Trinajstić information content (AvgIpc) is 2.38. The molecule has 0 aromatic heterocycles. The lowest BCUT2D eigenvalue weighted by molar-refractivity contribution is 0.107. The van der Waals surface area contributed by atoms with Crippen molar-refractivity contribution in [3.05, 3.63) is 29.8 Å². The van der Waals surface area contributed by atoms with Crippen LogP contribution >= 0.6 is 0 Å². The molecule has 0 aliphatic rings. The van der Waals surface area contributed by atoms with Crippen LogP contribution in [0.25, 0.3) is 0 Å². The highest BCUT2D eigenvalue weighted by molar-refractivity contribution is 5.28. The van der Waals surface area contributed by atoms with Crippen LogP contribution in [0.3, 0.4) is 0 Å². The highest BCUT2D eigenvalue weighted by atomic mass is 16.5. The minimum absolute atomic E-state index is 0.445. The molecule has 1 N–H and O–H groups in total. The molecule has 1 aromatic carbocycles. The largest absolute Gasteiger partial charge is 0.494 e. The molecule has 1 aromatic rings. The maximum absolute atomic E-state index is 10.2. The molecule has 0 saturated carbocycles. The molecule has 0 spiro atoms. The smallest absolute Gasteiger partial charge is 0.119 e. The van der Waals surface area contributed by atoms with Gasteiger partial charge in [-0.05, 0) is 45.0 Å². The van der Waals surface area contributed by atoms with Crippen LogP contribution in [0.5, 0.6) is 5.75 Å². The fraction of sp³-hybridized carbons (Fsp3) is 0.600. The Balaban J connectivity index is 2.58. The molecule has 0 fully saturated rings. The standard InChI is InChI=1S/C15H25NO2/c1-5-12(3)16(4)11-15(17)13-7-9-14(10-8-13)18-6-2/h7-10,12,15,17H,5-6,11H2,1-4H3. The number of nitrogens with zero attached hydrogens (tertiary/aromatic N) is 1. The first-order valence-corrected chi connectivity index (χ1v) is 6.69. The van der Waals surface area contributed by atoms with Crippen LogP contribution in [-0.4, -0.2) is 36.2 Å². The molecule has 3 heteroatoms. The van der Waals surface area contributed by atoms with E-state index in [0.717, 1.165) is 17.7 Å². The third kappa shape index (κ3) is 4.31.